The second-order valence-corrected chi connectivity index (χ2v) is 9.60. The molecule has 0 atom stereocenters. The second kappa shape index (κ2) is 11.1. The number of likely N-dealkylation sites (tertiary alicyclic amines) is 1. The van der Waals surface area contributed by atoms with Crippen LogP contribution in [0.1, 0.15) is 51.4 Å². The first-order chi connectivity index (χ1) is 15.6. The zero-order chi connectivity index (χ0) is 22.3. The van der Waals surface area contributed by atoms with Gasteiger partial charge >= 0.3 is 0 Å². The summed E-state index contributed by atoms with van der Waals surface area (Å²) in [5, 5.41) is 3.20. The number of piperidine rings is 1. The fraction of sp³-hybridized carbons (Fsp3) is 0.680. The van der Waals surface area contributed by atoms with Crippen molar-refractivity contribution in [2.24, 2.45) is 5.92 Å². The van der Waals surface area contributed by atoms with E-state index in [9.17, 15) is 14.0 Å². The number of halogens is 1. The van der Waals surface area contributed by atoms with Gasteiger partial charge in [0.15, 0.2) is 0 Å². The SMILES string of the molecule is O=C(CN1CCCN(c2ccc(F)cc2)CC1)NC1CCN(C(=O)C2CCCCC2)CC1. The van der Waals surface area contributed by atoms with Crippen LogP contribution in [0.15, 0.2) is 24.3 Å². The van der Waals surface area contributed by atoms with Crippen LogP contribution in [0.4, 0.5) is 10.1 Å². The first-order valence-corrected chi connectivity index (χ1v) is 12.4. The first kappa shape index (κ1) is 23.0. The first-order valence-electron chi connectivity index (χ1n) is 12.4. The van der Waals surface area contributed by atoms with Gasteiger partial charge in [0.25, 0.3) is 0 Å². The summed E-state index contributed by atoms with van der Waals surface area (Å²) in [6.07, 6.45) is 8.40. The van der Waals surface area contributed by atoms with Crippen molar-refractivity contribution < 1.29 is 14.0 Å². The van der Waals surface area contributed by atoms with Gasteiger partial charge in [-0.1, -0.05) is 19.3 Å². The number of nitrogens with zero attached hydrogens (tertiary/aromatic N) is 3. The molecule has 32 heavy (non-hydrogen) atoms. The van der Waals surface area contributed by atoms with Crippen molar-refractivity contribution in [3.05, 3.63) is 30.1 Å². The minimum Gasteiger partial charge on any atom is -0.370 e. The number of anilines is 1. The summed E-state index contributed by atoms with van der Waals surface area (Å²) in [5.41, 5.74) is 1.03. The Morgan fingerprint density at radius 1 is 0.844 bits per heavy atom. The Bertz CT molecular complexity index is 758. The minimum atomic E-state index is -0.217. The second-order valence-electron chi connectivity index (χ2n) is 9.60. The molecule has 4 rings (SSSR count). The Kier molecular flexibility index (Phi) is 8.00. The van der Waals surface area contributed by atoms with E-state index in [1.807, 2.05) is 17.0 Å². The molecule has 1 aromatic rings. The third-order valence-electron chi connectivity index (χ3n) is 7.27. The molecule has 1 aromatic carbocycles. The molecular formula is C25H37FN4O2. The normalized spacial score (nSPS) is 21.9. The van der Waals surface area contributed by atoms with Gasteiger partial charge in [-0.05, 0) is 56.4 Å². The lowest BCUT2D eigenvalue weighted by molar-refractivity contribution is -0.137. The molecule has 0 bridgehead atoms. The zero-order valence-corrected chi connectivity index (χ0v) is 19.1. The van der Waals surface area contributed by atoms with Crippen molar-refractivity contribution in [1.29, 1.82) is 0 Å². The van der Waals surface area contributed by atoms with Gasteiger partial charge in [0.05, 0.1) is 6.54 Å². The average Bonchev–Trinajstić information content (AvgIpc) is 3.06. The fourth-order valence-corrected chi connectivity index (χ4v) is 5.37. The van der Waals surface area contributed by atoms with Crippen molar-refractivity contribution in [2.75, 3.05) is 50.7 Å². The predicted molar refractivity (Wildman–Crippen MR) is 124 cm³/mol. The standard InChI is InChI=1S/C25H37FN4O2/c26-21-7-9-23(10-8-21)29-14-4-13-28(17-18-29)19-24(31)27-22-11-15-30(16-12-22)25(32)20-5-2-1-3-6-20/h7-10,20,22H,1-6,11-19H2,(H,27,31). The molecule has 1 N–H and O–H groups in total. The molecule has 3 aliphatic rings. The van der Waals surface area contributed by atoms with Crippen molar-refractivity contribution in [2.45, 2.75) is 57.4 Å². The van der Waals surface area contributed by atoms with Gasteiger partial charge in [0.2, 0.25) is 11.8 Å². The largest absolute Gasteiger partial charge is 0.370 e. The molecular weight excluding hydrogens is 407 g/mol. The van der Waals surface area contributed by atoms with E-state index in [4.69, 9.17) is 0 Å². The molecule has 0 unspecified atom stereocenters. The molecule has 2 saturated heterocycles. The van der Waals surface area contributed by atoms with E-state index in [1.54, 1.807) is 0 Å². The van der Waals surface area contributed by atoms with Crippen LogP contribution in [0, 0.1) is 11.7 Å². The number of rotatable bonds is 5. The average molecular weight is 445 g/mol. The molecule has 176 valence electrons. The summed E-state index contributed by atoms with van der Waals surface area (Å²) in [7, 11) is 0. The number of hydrogen-bond donors (Lipinski definition) is 1. The molecule has 0 aromatic heterocycles. The van der Waals surface area contributed by atoms with E-state index >= 15 is 0 Å². The maximum atomic E-state index is 13.2. The van der Waals surface area contributed by atoms with E-state index in [-0.39, 0.29) is 23.7 Å². The molecule has 1 saturated carbocycles. The Hall–Kier alpha value is -2.15. The van der Waals surface area contributed by atoms with Crippen LogP contribution in [-0.2, 0) is 9.59 Å². The summed E-state index contributed by atoms with van der Waals surface area (Å²) in [6.45, 7) is 5.39. The monoisotopic (exact) mass is 444 g/mol. The molecule has 0 spiro atoms. The number of nitrogens with one attached hydrogen (secondary N) is 1. The van der Waals surface area contributed by atoms with E-state index in [1.165, 1.54) is 31.4 Å². The molecule has 2 heterocycles. The Balaban J connectivity index is 1.17. The van der Waals surface area contributed by atoms with Crippen LogP contribution in [0.3, 0.4) is 0 Å². The van der Waals surface area contributed by atoms with Crippen LogP contribution in [-0.4, -0.2) is 73.5 Å². The third-order valence-corrected chi connectivity index (χ3v) is 7.27. The molecule has 2 aliphatic heterocycles. The van der Waals surface area contributed by atoms with Crippen molar-refractivity contribution in [3.8, 4) is 0 Å². The fourth-order valence-electron chi connectivity index (χ4n) is 5.37. The lowest BCUT2D eigenvalue weighted by atomic mass is 9.87. The Morgan fingerprint density at radius 3 is 2.28 bits per heavy atom. The molecule has 3 fully saturated rings. The number of carbonyl (C=O) groups is 2. The Morgan fingerprint density at radius 2 is 1.56 bits per heavy atom. The van der Waals surface area contributed by atoms with Gasteiger partial charge in [-0.25, -0.2) is 4.39 Å². The third kappa shape index (κ3) is 6.21. The predicted octanol–water partition coefficient (Wildman–Crippen LogP) is 3.03. The lowest BCUT2D eigenvalue weighted by Crippen LogP contribution is -2.50. The number of amides is 2. The number of carbonyl (C=O) groups excluding carboxylic acids is 2. The van der Waals surface area contributed by atoms with Crippen LogP contribution in [0.5, 0.6) is 0 Å². The highest BCUT2D eigenvalue weighted by Crippen LogP contribution is 2.26. The van der Waals surface area contributed by atoms with Crippen molar-refractivity contribution in [1.82, 2.24) is 15.1 Å². The van der Waals surface area contributed by atoms with Crippen molar-refractivity contribution in [3.63, 3.8) is 0 Å². The highest BCUT2D eigenvalue weighted by Gasteiger charge is 2.29. The van der Waals surface area contributed by atoms with Crippen LogP contribution in [0.25, 0.3) is 0 Å². The topological polar surface area (TPSA) is 55.9 Å². The smallest absolute Gasteiger partial charge is 0.234 e. The Labute approximate surface area is 191 Å². The van der Waals surface area contributed by atoms with Gasteiger partial charge in [0.1, 0.15) is 5.82 Å². The van der Waals surface area contributed by atoms with Gasteiger partial charge in [-0.3, -0.25) is 14.5 Å². The van der Waals surface area contributed by atoms with E-state index < -0.39 is 0 Å². The minimum absolute atomic E-state index is 0.0808. The van der Waals surface area contributed by atoms with Gasteiger partial charge in [0, 0.05) is 56.9 Å². The van der Waals surface area contributed by atoms with Crippen molar-refractivity contribution >= 4 is 17.5 Å². The van der Waals surface area contributed by atoms with Crippen LogP contribution >= 0.6 is 0 Å². The quantitative estimate of drug-likeness (QED) is 0.759. The molecule has 6 nitrogen and oxygen atoms in total. The summed E-state index contributed by atoms with van der Waals surface area (Å²) in [5.74, 6) is 0.431. The molecule has 0 radical (unpaired) electrons. The molecule has 7 heteroatoms. The summed E-state index contributed by atoms with van der Waals surface area (Å²) in [6, 6.07) is 6.81. The zero-order valence-electron chi connectivity index (χ0n) is 19.1. The maximum Gasteiger partial charge on any atom is 0.234 e. The van der Waals surface area contributed by atoms with Gasteiger partial charge in [-0.15, -0.1) is 0 Å². The van der Waals surface area contributed by atoms with Crippen LogP contribution < -0.4 is 10.2 Å². The number of hydrogen-bond acceptors (Lipinski definition) is 4. The number of benzene rings is 1. The molecule has 2 amide bonds. The lowest BCUT2D eigenvalue weighted by Gasteiger charge is -2.35. The van der Waals surface area contributed by atoms with Crippen LogP contribution in [0.2, 0.25) is 0 Å². The highest BCUT2D eigenvalue weighted by atomic mass is 19.1. The van der Waals surface area contributed by atoms with E-state index in [2.05, 4.69) is 15.1 Å². The summed E-state index contributed by atoms with van der Waals surface area (Å²) >= 11 is 0. The highest BCUT2D eigenvalue weighted by molar-refractivity contribution is 5.79. The summed E-state index contributed by atoms with van der Waals surface area (Å²) in [4.78, 5) is 31.9. The summed E-state index contributed by atoms with van der Waals surface area (Å²) < 4.78 is 13.2. The maximum absolute atomic E-state index is 13.2. The molecule has 1 aliphatic carbocycles. The van der Waals surface area contributed by atoms with E-state index in [0.717, 1.165) is 77.1 Å². The van der Waals surface area contributed by atoms with Gasteiger partial charge < -0.3 is 15.1 Å². The van der Waals surface area contributed by atoms with Gasteiger partial charge in [-0.2, -0.15) is 0 Å². The van der Waals surface area contributed by atoms with E-state index in [0.29, 0.717) is 12.5 Å².